The molecule has 2 rings (SSSR count). The van der Waals surface area contributed by atoms with Gasteiger partial charge in [-0.3, -0.25) is 4.79 Å². The van der Waals surface area contributed by atoms with Crippen LogP contribution in [0, 0.1) is 0 Å². The second-order valence-electron chi connectivity index (χ2n) is 4.80. The molecule has 1 N–H and O–H groups in total. The summed E-state index contributed by atoms with van der Waals surface area (Å²) >= 11 is 0. The molecule has 0 spiro atoms. The van der Waals surface area contributed by atoms with Crippen molar-refractivity contribution in [1.82, 2.24) is 19.8 Å². The molecular weight excluding hydrogens is 228 g/mol. The molecule has 0 atom stereocenters. The highest BCUT2D eigenvalue weighted by atomic mass is 16.2. The maximum atomic E-state index is 12.2. The molecule has 2 heterocycles. The molecule has 5 nitrogen and oxygen atoms in total. The summed E-state index contributed by atoms with van der Waals surface area (Å²) in [6.07, 6.45) is 8.41. The number of imidazole rings is 1. The summed E-state index contributed by atoms with van der Waals surface area (Å²) in [6.45, 7) is 2.93. The second-order valence-corrected chi connectivity index (χ2v) is 4.80. The first-order valence-electron chi connectivity index (χ1n) is 6.73. The van der Waals surface area contributed by atoms with E-state index >= 15 is 0 Å². The second kappa shape index (κ2) is 6.54. The highest BCUT2D eigenvalue weighted by Crippen LogP contribution is 2.10. The lowest BCUT2D eigenvalue weighted by molar-refractivity contribution is -0.131. The highest BCUT2D eigenvalue weighted by molar-refractivity contribution is 5.76. The number of nitrogens with one attached hydrogen (secondary N) is 1. The Morgan fingerprint density at radius 3 is 2.72 bits per heavy atom. The van der Waals surface area contributed by atoms with Crippen molar-refractivity contribution in [3.05, 3.63) is 18.2 Å². The standard InChI is InChI=1S/C13H22N4O/c1-14-10-12-15-6-9-17(12)11-13(18)16-7-4-2-3-5-8-16/h6,9,14H,2-5,7-8,10-11H2,1H3. The molecule has 100 valence electrons. The fraction of sp³-hybridized carbons (Fsp3) is 0.692. The zero-order valence-corrected chi connectivity index (χ0v) is 11.1. The minimum atomic E-state index is 0.215. The Morgan fingerprint density at radius 2 is 2.06 bits per heavy atom. The SMILES string of the molecule is CNCc1nccn1CC(=O)N1CCCCCC1. The van der Waals surface area contributed by atoms with E-state index in [0.29, 0.717) is 13.1 Å². The number of nitrogens with zero attached hydrogens (tertiary/aromatic N) is 3. The Hall–Kier alpha value is -1.36. The van der Waals surface area contributed by atoms with Gasteiger partial charge in [-0.25, -0.2) is 4.98 Å². The van der Waals surface area contributed by atoms with Crippen LogP contribution < -0.4 is 5.32 Å². The van der Waals surface area contributed by atoms with Crippen LogP contribution in [0.25, 0.3) is 0 Å². The zero-order chi connectivity index (χ0) is 12.8. The van der Waals surface area contributed by atoms with Crippen molar-refractivity contribution >= 4 is 5.91 Å². The molecule has 0 aromatic carbocycles. The van der Waals surface area contributed by atoms with Gasteiger partial charge in [0.25, 0.3) is 0 Å². The van der Waals surface area contributed by atoms with Crippen LogP contribution >= 0.6 is 0 Å². The van der Waals surface area contributed by atoms with Crippen LogP contribution in [0.4, 0.5) is 0 Å². The molecule has 0 unspecified atom stereocenters. The van der Waals surface area contributed by atoms with Crippen LogP contribution in [0.2, 0.25) is 0 Å². The molecule has 5 heteroatoms. The molecule has 1 aliphatic heterocycles. The van der Waals surface area contributed by atoms with Gasteiger partial charge < -0.3 is 14.8 Å². The summed E-state index contributed by atoms with van der Waals surface area (Å²) < 4.78 is 1.93. The maximum Gasteiger partial charge on any atom is 0.242 e. The van der Waals surface area contributed by atoms with Crippen molar-refractivity contribution in [2.45, 2.75) is 38.8 Å². The normalized spacial score (nSPS) is 16.6. The zero-order valence-electron chi connectivity index (χ0n) is 11.1. The van der Waals surface area contributed by atoms with Gasteiger partial charge in [-0.1, -0.05) is 12.8 Å². The molecule has 1 saturated heterocycles. The minimum absolute atomic E-state index is 0.215. The third-order valence-electron chi connectivity index (χ3n) is 3.40. The first kappa shape index (κ1) is 13.1. The number of carbonyl (C=O) groups excluding carboxylic acids is 1. The fourth-order valence-corrected chi connectivity index (χ4v) is 2.38. The third-order valence-corrected chi connectivity index (χ3v) is 3.40. The van der Waals surface area contributed by atoms with Crippen molar-refractivity contribution in [3.8, 4) is 0 Å². The molecule has 1 aromatic heterocycles. The number of aromatic nitrogens is 2. The lowest BCUT2D eigenvalue weighted by atomic mass is 10.2. The smallest absolute Gasteiger partial charge is 0.242 e. The van der Waals surface area contributed by atoms with Crippen molar-refractivity contribution in [2.75, 3.05) is 20.1 Å². The van der Waals surface area contributed by atoms with E-state index in [1.807, 2.05) is 22.7 Å². The van der Waals surface area contributed by atoms with Crippen LogP contribution in [0.5, 0.6) is 0 Å². The Kier molecular flexibility index (Phi) is 4.75. The van der Waals surface area contributed by atoms with Gasteiger partial charge in [0.15, 0.2) is 0 Å². The number of hydrogen-bond donors (Lipinski definition) is 1. The average Bonchev–Trinajstić information content (AvgIpc) is 2.66. The Labute approximate surface area is 108 Å². The largest absolute Gasteiger partial charge is 0.341 e. The molecule has 0 radical (unpaired) electrons. The van der Waals surface area contributed by atoms with Crippen molar-refractivity contribution in [2.24, 2.45) is 0 Å². The summed E-state index contributed by atoms with van der Waals surface area (Å²) in [6, 6.07) is 0. The van der Waals surface area contributed by atoms with Crippen LogP contribution in [-0.4, -0.2) is 40.5 Å². The quantitative estimate of drug-likeness (QED) is 0.867. The van der Waals surface area contributed by atoms with Crippen LogP contribution in [0.1, 0.15) is 31.5 Å². The predicted molar refractivity (Wildman–Crippen MR) is 70.0 cm³/mol. The van der Waals surface area contributed by atoms with E-state index in [-0.39, 0.29) is 5.91 Å². The molecule has 0 aliphatic carbocycles. The molecular formula is C13H22N4O. The van der Waals surface area contributed by atoms with Gasteiger partial charge in [0.1, 0.15) is 12.4 Å². The third kappa shape index (κ3) is 3.32. The molecule has 0 saturated carbocycles. The molecule has 1 aliphatic rings. The molecule has 1 fully saturated rings. The fourth-order valence-electron chi connectivity index (χ4n) is 2.38. The topological polar surface area (TPSA) is 50.2 Å². The van der Waals surface area contributed by atoms with E-state index in [0.717, 1.165) is 31.8 Å². The van der Waals surface area contributed by atoms with Crippen LogP contribution in [0.15, 0.2) is 12.4 Å². The first-order valence-corrected chi connectivity index (χ1v) is 6.73. The molecule has 0 bridgehead atoms. The van der Waals surface area contributed by atoms with Gasteiger partial charge >= 0.3 is 0 Å². The summed E-state index contributed by atoms with van der Waals surface area (Å²) in [5.74, 6) is 1.13. The van der Waals surface area contributed by atoms with E-state index in [1.54, 1.807) is 6.20 Å². The van der Waals surface area contributed by atoms with Gasteiger partial charge in [-0.05, 0) is 19.9 Å². The summed E-state index contributed by atoms with van der Waals surface area (Å²) in [5, 5.41) is 3.07. The van der Waals surface area contributed by atoms with E-state index < -0.39 is 0 Å². The first-order chi connectivity index (χ1) is 8.81. The molecule has 18 heavy (non-hydrogen) atoms. The van der Waals surface area contributed by atoms with Gasteiger partial charge in [0.2, 0.25) is 5.91 Å². The highest BCUT2D eigenvalue weighted by Gasteiger charge is 2.16. The number of rotatable bonds is 4. The summed E-state index contributed by atoms with van der Waals surface area (Å²) in [7, 11) is 1.88. The number of hydrogen-bond acceptors (Lipinski definition) is 3. The number of amides is 1. The van der Waals surface area contributed by atoms with Gasteiger partial charge in [0, 0.05) is 25.5 Å². The Morgan fingerprint density at radius 1 is 1.33 bits per heavy atom. The van der Waals surface area contributed by atoms with Gasteiger partial charge in [-0.2, -0.15) is 0 Å². The average molecular weight is 250 g/mol. The molecule has 1 aromatic rings. The van der Waals surface area contributed by atoms with Crippen LogP contribution in [-0.2, 0) is 17.9 Å². The lowest BCUT2D eigenvalue weighted by Gasteiger charge is -2.21. The number of likely N-dealkylation sites (tertiary alicyclic amines) is 1. The van der Waals surface area contributed by atoms with E-state index in [1.165, 1.54) is 12.8 Å². The van der Waals surface area contributed by atoms with E-state index in [4.69, 9.17) is 0 Å². The van der Waals surface area contributed by atoms with Crippen LogP contribution in [0.3, 0.4) is 0 Å². The maximum absolute atomic E-state index is 12.2. The van der Waals surface area contributed by atoms with E-state index in [2.05, 4.69) is 10.3 Å². The van der Waals surface area contributed by atoms with Crippen molar-refractivity contribution < 1.29 is 4.79 Å². The lowest BCUT2D eigenvalue weighted by Crippen LogP contribution is -2.35. The van der Waals surface area contributed by atoms with Crippen molar-refractivity contribution in [1.29, 1.82) is 0 Å². The Bertz CT molecular complexity index is 380. The predicted octanol–water partition coefficient (Wildman–Crippen LogP) is 1.01. The summed E-state index contributed by atoms with van der Waals surface area (Å²) in [4.78, 5) is 18.5. The number of carbonyl (C=O) groups is 1. The van der Waals surface area contributed by atoms with Crippen molar-refractivity contribution in [3.63, 3.8) is 0 Å². The minimum Gasteiger partial charge on any atom is -0.341 e. The van der Waals surface area contributed by atoms with E-state index in [9.17, 15) is 4.79 Å². The summed E-state index contributed by atoms with van der Waals surface area (Å²) in [5.41, 5.74) is 0. The molecule has 1 amide bonds. The Balaban J connectivity index is 1.94. The van der Waals surface area contributed by atoms with Gasteiger partial charge in [-0.15, -0.1) is 0 Å². The van der Waals surface area contributed by atoms with Gasteiger partial charge in [0.05, 0.1) is 6.54 Å². The monoisotopic (exact) mass is 250 g/mol.